The van der Waals surface area contributed by atoms with E-state index in [0.717, 1.165) is 45.3 Å². The Morgan fingerprint density at radius 1 is 0.947 bits per heavy atom. The van der Waals surface area contributed by atoms with Crippen LogP contribution in [0.5, 0.6) is 17.2 Å². The van der Waals surface area contributed by atoms with Crippen LogP contribution in [0.25, 0.3) is 0 Å². The monoisotopic (exact) mass is 565 g/mol. The van der Waals surface area contributed by atoms with Crippen molar-refractivity contribution in [3.05, 3.63) is 45.9 Å². The third-order valence-electron chi connectivity index (χ3n) is 7.19. The lowest BCUT2D eigenvalue weighted by atomic mass is 9.93. The Labute approximate surface area is 237 Å². The average Bonchev–Trinajstić information content (AvgIpc) is 2.92. The number of likely N-dealkylation sites (tertiary alicyclic amines) is 1. The number of halogens is 2. The number of piperidine rings is 1. The SMILES string of the molecule is COc1cc(NC(=O)NC(CN2CCCCC2)C(C)CCCCc2ccc(Cl)c(Cl)c2)cc(OC)c1OC. The normalized spacial score (nSPS) is 15.4. The van der Waals surface area contributed by atoms with Gasteiger partial charge in [-0.1, -0.05) is 49.0 Å². The molecule has 38 heavy (non-hydrogen) atoms. The van der Waals surface area contributed by atoms with Gasteiger partial charge in [0.2, 0.25) is 5.75 Å². The number of rotatable bonds is 13. The molecule has 210 valence electrons. The molecule has 0 aromatic heterocycles. The summed E-state index contributed by atoms with van der Waals surface area (Å²) in [6.07, 6.45) is 7.79. The maximum Gasteiger partial charge on any atom is 0.319 e. The number of hydrogen-bond acceptors (Lipinski definition) is 5. The van der Waals surface area contributed by atoms with Crippen molar-refractivity contribution in [2.24, 2.45) is 5.92 Å². The van der Waals surface area contributed by atoms with Crippen molar-refractivity contribution in [1.29, 1.82) is 0 Å². The number of benzene rings is 2. The fraction of sp³-hybridized carbons (Fsp3) is 0.552. The summed E-state index contributed by atoms with van der Waals surface area (Å²) in [5, 5.41) is 7.39. The summed E-state index contributed by atoms with van der Waals surface area (Å²) in [6.45, 7) is 5.23. The van der Waals surface area contributed by atoms with Crippen molar-refractivity contribution in [3.63, 3.8) is 0 Å². The standard InChI is InChI=1S/C29H41Cl2N3O4/c1-20(10-6-7-11-21-12-13-23(30)24(31)16-21)25(19-34-14-8-5-9-15-34)33-29(35)32-22-17-26(36-2)28(38-4)27(18-22)37-3/h12-13,16-18,20,25H,5-11,14-15,19H2,1-4H3,(H2,32,33,35). The van der Waals surface area contributed by atoms with Gasteiger partial charge in [0.25, 0.3) is 0 Å². The van der Waals surface area contributed by atoms with E-state index in [9.17, 15) is 4.79 Å². The first-order valence-corrected chi connectivity index (χ1v) is 14.1. The molecule has 1 saturated heterocycles. The molecule has 2 amide bonds. The van der Waals surface area contributed by atoms with Gasteiger partial charge < -0.3 is 29.7 Å². The van der Waals surface area contributed by atoms with Crippen LogP contribution in [-0.4, -0.2) is 57.9 Å². The highest BCUT2D eigenvalue weighted by atomic mass is 35.5. The Morgan fingerprint density at radius 2 is 1.63 bits per heavy atom. The molecule has 0 spiro atoms. The second kappa shape index (κ2) is 15.3. The topological polar surface area (TPSA) is 72.1 Å². The number of nitrogens with zero attached hydrogens (tertiary/aromatic N) is 1. The summed E-state index contributed by atoms with van der Waals surface area (Å²) in [6, 6.07) is 9.07. The number of aryl methyl sites for hydroxylation is 1. The van der Waals surface area contributed by atoms with Crippen LogP contribution in [0.15, 0.2) is 30.3 Å². The van der Waals surface area contributed by atoms with Crippen LogP contribution in [-0.2, 0) is 6.42 Å². The lowest BCUT2D eigenvalue weighted by molar-refractivity contribution is 0.180. The molecule has 0 bridgehead atoms. The molecule has 2 aromatic rings. The molecule has 2 atom stereocenters. The van der Waals surface area contributed by atoms with Gasteiger partial charge in [0.15, 0.2) is 11.5 Å². The molecular weight excluding hydrogens is 525 g/mol. The van der Waals surface area contributed by atoms with Gasteiger partial charge in [-0.15, -0.1) is 0 Å². The molecule has 0 radical (unpaired) electrons. The van der Waals surface area contributed by atoms with Crippen molar-refractivity contribution >= 4 is 34.9 Å². The van der Waals surface area contributed by atoms with E-state index in [4.69, 9.17) is 37.4 Å². The van der Waals surface area contributed by atoms with Crippen LogP contribution in [0, 0.1) is 5.92 Å². The zero-order valence-corrected chi connectivity index (χ0v) is 24.5. The Kier molecular flexibility index (Phi) is 12.2. The van der Waals surface area contributed by atoms with Crippen molar-refractivity contribution in [2.45, 2.75) is 57.9 Å². The molecule has 1 aliphatic rings. The molecule has 0 aliphatic carbocycles. The van der Waals surface area contributed by atoms with Gasteiger partial charge in [0.1, 0.15) is 0 Å². The molecule has 1 aliphatic heterocycles. The van der Waals surface area contributed by atoms with Crippen LogP contribution in [0.4, 0.5) is 10.5 Å². The van der Waals surface area contributed by atoms with Crippen molar-refractivity contribution < 1.29 is 19.0 Å². The minimum Gasteiger partial charge on any atom is -0.493 e. The number of methoxy groups -OCH3 is 3. The minimum absolute atomic E-state index is 0.0279. The molecule has 9 heteroatoms. The fourth-order valence-electron chi connectivity index (χ4n) is 4.97. The zero-order valence-electron chi connectivity index (χ0n) is 22.9. The largest absolute Gasteiger partial charge is 0.493 e. The smallest absolute Gasteiger partial charge is 0.319 e. The van der Waals surface area contributed by atoms with Crippen LogP contribution >= 0.6 is 23.2 Å². The number of carbonyl (C=O) groups is 1. The predicted octanol–water partition coefficient (Wildman–Crippen LogP) is 7.04. The van der Waals surface area contributed by atoms with E-state index in [1.165, 1.54) is 24.8 Å². The highest BCUT2D eigenvalue weighted by Crippen LogP contribution is 2.40. The van der Waals surface area contributed by atoms with Crippen molar-refractivity contribution in [2.75, 3.05) is 46.3 Å². The molecule has 2 aromatic carbocycles. The highest BCUT2D eigenvalue weighted by molar-refractivity contribution is 6.42. The number of carbonyl (C=O) groups excluding carboxylic acids is 1. The summed E-state index contributed by atoms with van der Waals surface area (Å²) >= 11 is 12.2. The van der Waals surface area contributed by atoms with Crippen LogP contribution in [0.3, 0.4) is 0 Å². The molecule has 1 heterocycles. The van der Waals surface area contributed by atoms with E-state index in [1.807, 2.05) is 18.2 Å². The second-order valence-corrected chi connectivity index (χ2v) is 10.8. The van der Waals surface area contributed by atoms with Gasteiger partial charge >= 0.3 is 6.03 Å². The molecule has 2 unspecified atom stereocenters. The Bertz CT molecular complexity index is 1020. The van der Waals surface area contributed by atoms with Crippen LogP contribution < -0.4 is 24.8 Å². The third-order valence-corrected chi connectivity index (χ3v) is 7.93. The molecule has 1 fully saturated rings. The maximum atomic E-state index is 13.1. The molecule has 3 rings (SSSR count). The maximum absolute atomic E-state index is 13.1. The number of hydrogen-bond donors (Lipinski definition) is 2. The number of amides is 2. The first-order chi connectivity index (χ1) is 18.3. The first kappa shape index (κ1) is 30.2. The van der Waals surface area contributed by atoms with Gasteiger partial charge in [-0.05, 0) is 68.8 Å². The lowest BCUT2D eigenvalue weighted by Gasteiger charge is -2.33. The zero-order chi connectivity index (χ0) is 27.5. The van der Waals surface area contributed by atoms with Crippen molar-refractivity contribution in [3.8, 4) is 17.2 Å². The number of ether oxygens (including phenoxy) is 3. The molecular formula is C29H41Cl2N3O4. The number of unbranched alkanes of at least 4 members (excludes halogenated alkanes) is 1. The summed E-state index contributed by atoms with van der Waals surface area (Å²) in [7, 11) is 4.66. The van der Waals surface area contributed by atoms with Gasteiger partial charge in [-0.3, -0.25) is 0 Å². The Hall–Kier alpha value is -2.35. The fourth-order valence-corrected chi connectivity index (χ4v) is 5.29. The molecule has 2 N–H and O–H groups in total. The first-order valence-electron chi connectivity index (χ1n) is 13.4. The summed E-state index contributed by atoms with van der Waals surface area (Å²) < 4.78 is 16.2. The Balaban J connectivity index is 1.61. The number of urea groups is 1. The minimum atomic E-state index is -0.246. The van der Waals surface area contributed by atoms with E-state index >= 15 is 0 Å². The summed E-state index contributed by atoms with van der Waals surface area (Å²) in [5.74, 6) is 1.78. The van der Waals surface area contributed by atoms with Crippen LogP contribution in [0.1, 0.15) is 51.0 Å². The quantitative estimate of drug-likeness (QED) is 0.255. The average molecular weight is 567 g/mol. The van der Waals surface area contributed by atoms with Gasteiger partial charge in [-0.25, -0.2) is 4.79 Å². The van der Waals surface area contributed by atoms with E-state index in [1.54, 1.807) is 33.5 Å². The van der Waals surface area contributed by atoms with Gasteiger partial charge in [0.05, 0.1) is 37.1 Å². The second-order valence-electron chi connectivity index (χ2n) is 9.95. The van der Waals surface area contributed by atoms with E-state index < -0.39 is 0 Å². The van der Waals surface area contributed by atoms with E-state index in [-0.39, 0.29) is 12.1 Å². The van der Waals surface area contributed by atoms with Crippen molar-refractivity contribution in [1.82, 2.24) is 10.2 Å². The molecule has 7 nitrogen and oxygen atoms in total. The number of anilines is 1. The van der Waals surface area contributed by atoms with Crippen LogP contribution in [0.2, 0.25) is 10.0 Å². The summed E-state index contributed by atoms with van der Waals surface area (Å²) in [5.41, 5.74) is 1.77. The van der Waals surface area contributed by atoms with E-state index in [0.29, 0.717) is 38.9 Å². The highest BCUT2D eigenvalue weighted by Gasteiger charge is 2.24. The Morgan fingerprint density at radius 3 is 2.24 bits per heavy atom. The van der Waals surface area contributed by atoms with E-state index in [2.05, 4.69) is 22.5 Å². The number of nitrogens with one attached hydrogen (secondary N) is 2. The lowest BCUT2D eigenvalue weighted by Crippen LogP contribution is -2.49. The van der Waals surface area contributed by atoms with Gasteiger partial charge in [0, 0.05) is 24.7 Å². The molecule has 0 saturated carbocycles. The third kappa shape index (κ3) is 8.85. The predicted molar refractivity (Wildman–Crippen MR) is 156 cm³/mol. The van der Waals surface area contributed by atoms with Gasteiger partial charge in [-0.2, -0.15) is 0 Å². The summed E-state index contributed by atoms with van der Waals surface area (Å²) in [4.78, 5) is 15.6.